The van der Waals surface area contributed by atoms with Crippen LogP contribution in [-0.4, -0.2) is 53.2 Å². The number of nitro benzene ring substituents is 1. The molecule has 1 N–H and O–H groups in total. The van der Waals surface area contributed by atoms with Crippen molar-refractivity contribution >= 4 is 11.6 Å². The molecule has 1 heterocycles. The number of non-ortho nitro benzene ring substituents is 1. The lowest BCUT2D eigenvalue weighted by molar-refractivity contribution is -0.385. The number of hydrogen-bond donors (Lipinski definition) is 1. The van der Waals surface area contributed by atoms with Crippen LogP contribution in [0.2, 0.25) is 0 Å². The summed E-state index contributed by atoms with van der Waals surface area (Å²) in [6.45, 7) is 0.468. The molecule has 1 amide bonds. The van der Waals surface area contributed by atoms with Gasteiger partial charge in [0.15, 0.2) is 0 Å². The third-order valence-corrected chi connectivity index (χ3v) is 3.02. The summed E-state index contributed by atoms with van der Waals surface area (Å²) in [5.74, 6) is -1.50. The van der Waals surface area contributed by atoms with Gasteiger partial charge in [-0.2, -0.15) is 0 Å². The fourth-order valence-corrected chi connectivity index (χ4v) is 1.98. The van der Waals surface area contributed by atoms with Gasteiger partial charge in [0, 0.05) is 19.2 Å². The molecule has 1 aromatic rings. The molecule has 1 aliphatic rings. The van der Waals surface area contributed by atoms with Gasteiger partial charge in [0.25, 0.3) is 11.6 Å². The van der Waals surface area contributed by atoms with Crippen molar-refractivity contribution in [2.45, 2.75) is 6.10 Å². The molecule has 8 heteroatoms. The number of amides is 1. The standard InChI is InChI=1S/C12H13FN2O5/c13-11-5-8(15(18)19)1-2-10(11)12(17)14-3-4-20-9(6-14)7-16/h1-2,5,9,16H,3-4,6-7H2. The molecule has 0 saturated carbocycles. The van der Waals surface area contributed by atoms with Crippen LogP contribution in [0.5, 0.6) is 0 Å². The van der Waals surface area contributed by atoms with Crippen LogP contribution in [0.25, 0.3) is 0 Å². The van der Waals surface area contributed by atoms with Crippen LogP contribution in [0.3, 0.4) is 0 Å². The van der Waals surface area contributed by atoms with Gasteiger partial charge in [-0.25, -0.2) is 4.39 Å². The van der Waals surface area contributed by atoms with Crippen molar-refractivity contribution in [3.05, 3.63) is 39.7 Å². The quantitative estimate of drug-likeness (QED) is 0.647. The molecular formula is C12H13FN2O5. The Morgan fingerprint density at radius 3 is 2.95 bits per heavy atom. The first-order valence-electron chi connectivity index (χ1n) is 5.98. The highest BCUT2D eigenvalue weighted by Crippen LogP contribution is 2.19. The Morgan fingerprint density at radius 1 is 1.60 bits per heavy atom. The lowest BCUT2D eigenvalue weighted by Gasteiger charge is -2.32. The Labute approximate surface area is 113 Å². The molecule has 1 saturated heterocycles. The van der Waals surface area contributed by atoms with Crippen molar-refractivity contribution in [3.63, 3.8) is 0 Å². The molecule has 108 valence electrons. The van der Waals surface area contributed by atoms with Gasteiger partial charge in [-0.15, -0.1) is 0 Å². The largest absolute Gasteiger partial charge is 0.394 e. The average molecular weight is 284 g/mol. The molecule has 1 aromatic carbocycles. The second-order valence-electron chi connectivity index (χ2n) is 4.35. The van der Waals surface area contributed by atoms with E-state index in [-0.39, 0.29) is 31.9 Å². The van der Waals surface area contributed by atoms with Crippen LogP contribution in [-0.2, 0) is 4.74 Å². The number of carbonyl (C=O) groups excluding carboxylic acids is 1. The SMILES string of the molecule is O=C(c1ccc([N+](=O)[O-])cc1F)N1CCOC(CO)C1. The molecule has 1 aliphatic heterocycles. The minimum atomic E-state index is -0.934. The molecule has 0 aromatic heterocycles. The zero-order valence-electron chi connectivity index (χ0n) is 10.5. The zero-order chi connectivity index (χ0) is 14.7. The molecule has 0 aliphatic carbocycles. The van der Waals surface area contributed by atoms with E-state index in [2.05, 4.69) is 0 Å². The first-order valence-corrected chi connectivity index (χ1v) is 5.98. The molecule has 1 fully saturated rings. The van der Waals surface area contributed by atoms with Crippen LogP contribution in [0.15, 0.2) is 18.2 Å². The number of rotatable bonds is 3. The summed E-state index contributed by atoms with van der Waals surface area (Å²) in [4.78, 5) is 23.3. The van der Waals surface area contributed by atoms with Crippen molar-refractivity contribution in [1.29, 1.82) is 0 Å². The number of aliphatic hydroxyl groups excluding tert-OH is 1. The van der Waals surface area contributed by atoms with E-state index in [1.807, 2.05) is 0 Å². The van der Waals surface area contributed by atoms with Gasteiger partial charge in [-0.1, -0.05) is 0 Å². The first-order chi connectivity index (χ1) is 9.52. The number of nitrogens with zero attached hydrogens (tertiary/aromatic N) is 2. The summed E-state index contributed by atoms with van der Waals surface area (Å²) < 4.78 is 19.0. The fourth-order valence-electron chi connectivity index (χ4n) is 1.98. The highest BCUT2D eigenvalue weighted by molar-refractivity contribution is 5.94. The second kappa shape index (κ2) is 5.93. The predicted octanol–water partition coefficient (Wildman–Crippen LogP) is 0.567. The monoisotopic (exact) mass is 284 g/mol. The Balaban J connectivity index is 2.18. The van der Waals surface area contributed by atoms with E-state index in [1.54, 1.807) is 0 Å². The zero-order valence-corrected chi connectivity index (χ0v) is 10.5. The predicted molar refractivity (Wildman–Crippen MR) is 65.8 cm³/mol. The van der Waals surface area contributed by atoms with Crippen molar-refractivity contribution in [2.75, 3.05) is 26.3 Å². The third kappa shape index (κ3) is 2.91. The van der Waals surface area contributed by atoms with Gasteiger partial charge in [0.2, 0.25) is 0 Å². The van der Waals surface area contributed by atoms with Gasteiger partial charge in [-0.3, -0.25) is 14.9 Å². The van der Waals surface area contributed by atoms with Gasteiger partial charge < -0.3 is 14.7 Å². The van der Waals surface area contributed by atoms with Gasteiger partial charge in [-0.05, 0) is 6.07 Å². The molecule has 7 nitrogen and oxygen atoms in total. The molecule has 1 atom stereocenters. The number of nitro groups is 1. The minimum Gasteiger partial charge on any atom is -0.394 e. The van der Waals surface area contributed by atoms with E-state index in [9.17, 15) is 19.3 Å². The topological polar surface area (TPSA) is 92.9 Å². The second-order valence-corrected chi connectivity index (χ2v) is 4.35. The molecule has 20 heavy (non-hydrogen) atoms. The maximum atomic E-state index is 13.8. The summed E-state index contributed by atoms with van der Waals surface area (Å²) in [7, 11) is 0. The Morgan fingerprint density at radius 2 is 2.35 bits per heavy atom. The fraction of sp³-hybridized carbons (Fsp3) is 0.417. The van der Waals surface area contributed by atoms with Crippen LogP contribution >= 0.6 is 0 Å². The molecular weight excluding hydrogens is 271 g/mol. The molecule has 1 unspecified atom stereocenters. The summed E-state index contributed by atoms with van der Waals surface area (Å²) >= 11 is 0. The molecule has 2 rings (SSSR count). The number of halogens is 1. The van der Waals surface area contributed by atoms with E-state index in [4.69, 9.17) is 9.84 Å². The number of carbonyl (C=O) groups is 1. The molecule has 0 spiro atoms. The molecule has 0 radical (unpaired) electrons. The van der Waals surface area contributed by atoms with Crippen LogP contribution in [0.4, 0.5) is 10.1 Å². The summed E-state index contributed by atoms with van der Waals surface area (Å²) in [6.07, 6.45) is -0.492. The van der Waals surface area contributed by atoms with E-state index >= 15 is 0 Å². The smallest absolute Gasteiger partial charge is 0.272 e. The first kappa shape index (κ1) is 14.4. The molecule has 0 bridgehead atoms. The van der Waals surface area contributed by atoms with E-state index in [0.29, 0.717) is 0 Å². The van der Waals surface area contributed by atoms with Crippen molar-refractivity contribution in [1.82, 2.24) is 4.90 Å². The Bertz CT molecular complexity index is 537. The highest BCUT2D eigenvalue weighted by Gasteiger charge is 2.26. The lowest BCUT2D eigenvalue weighted by Crippen LogP contribution is -2.47. The van der Waals surface area contributed by atoms with Crippen LogP contribution in [0, 0.1) is 15.9 Å². The Hall–Kier alpha value is -2.06. The number of morpholine rings is 1. The summed E-state index contributed by atoms with van der Waals surface area (Å²) in [5, 5.41) is 19.5. The normalized spacial score (nSPS) is 18.9. The number of ether oxygens (including phenoxy) is 1. The summed E-state index contributed by atoms with van der Waals surface area (Å²) in [5.41, 5.74) is -0.636. The number of hydrogen-bond acceptors (Lipinski definition) is 5. The van der Waals surface area contributed by atoms with E-state index in [0.717, 1.165) is 18.2 Å². The third-order valence-electron chi connectivity index (χ3n) is 3.02. The number of benzene rings is 1. The Kier molecular flexibility index (Phi) is 4.26. The van der Waals surface area contributed by atoms with Crippen LogP contribution in [0.1, 0.15) is 10.4 Å². The average Bonchev–Trinajstić information content (AvgIpc) is 2.46. The van der Waals surface area contributed by atoms with Crippen molar-refractivity contribution < 1.29 is 24.0 Å². The van der Waals surface area contributed by atoms with Crippen molar-refractivity contribution in [2.24, 2.45) is 0 Å². The van der Waals surface area contributed by atoms with Crippen molar-refractivity contribution in [3.8, 4) is 0 Å². The van der Waals surface area contributed by atoms with Gasteiger partial charge in [0.1, 0.15) is 5.82 Å². The number of aliphatic hydroxyl groups is 1. The van der Waals surface area contributed by atoms with E-state index < -0.39 is 28.4 Å². The lowest BCUT2D eigenvalue weighted by atomic mass is 10.1. The maximum absolute atomic E-state index is 13.8. The van der Waals surface area contributed by atoms with Crippen LogP contribution < -0.4 is 0 Å². The van der Waals surface area contributed by atoms with Gasteiger partial charge in [0.05, 0.1) is 35.9 Å². The van der Waals surface area contributed by atoms with E-state index in [1.165, 1.54) is 4.90 Å². The maximum Gasteiger partial charge on any atom is 0.272 e. The highest BCUT2D eigenvalue weighted by atomic mass is 19.1. The van der Waals surface area contributed by atoms with Gasteiger partial charge >= 0.3 is 0 Å². The minimum absolute atomic E-state index is 0.158. The summed E-state index contributed by atoms with van der Waals surface area (Å²) in [6, 6.07) is 2.90.